The first-order valence-electron chi connectivity index (χ1n) is 7.64. The monoisotopic (exact) mass is 310 g/mol. The molecule has 2 aromatic carbocycles. The Morgan fingerprint density at radius 3 is 2.65 bits per heavy atom. The highest BCUT2D eigenvalue weighted by Gasteiger charge is 2.07. The zero-order chi connectivity index (χ0) is 16.4. The fraction of sp³-hybridized carbons (Fsp3) is 0.211. The van der Waals surface area contributed by atoms with Crippen molar-refractivity contribution < 1.29 is 9.13 Å². The molecule has 3 rings (SSSR count). The van der Waals surface area contributed by atoms with Gasteiger partial charge in [0, 0.05) is 22.5 Å². The molecule has 4 heteroatoms. The fourth-order valence-corrected chi connectivity index (χ4v) is 2.52. The lowest BCUT2D eigenvalue weighted by Crippen LogP contribution is -1.97. The van der Waals surface area contributed by atoms with Crippen LogP contribution in [-0.2, 0) is 0 Å². The molecule has 0 spiro atoms. The summed E-state index contributed by atoms with van der Waals surface area (Å²) in [7, 11) is 0. The maximum Gasteiger partial charge on any atom is 0.128 e. The highest BCUT2D eigenvalue weighted by atomic mass is 19.1. The van der Waals surface area contributed by atoms with E-state index in [2.05, 4.69) is 10.3 Å². The Bertz CT molecular complexity index is 861. The molecule has 0 aliphatic heterocycles. The van der Waals surface area contributed by atoms with Crippen LogP contribution in [-0.4, -0.2) is 11.6 Å². The summed E-state index contributed by atoms with van der Waals surface area (Å²) in [6, 6.07) is 12.9. The molecular formula is C19H19FN2O. The largest absolute Gasteiger partial charge is 0.494 e. The van der Waals surface area contributed by atoms with Gasteiger partial charge >= 0.3 is 0 Å². The molecule has 0 saturated heterocycles. The molecule has 1 aromatic heterocycles. The highest BCUT2D eigenvalue weighted by Crippen LogP contribution is 2.30. The Balaban J connectivity index is 2.07. The molecule has 0 aliphatic rings. The zero-order valence-corrected chi connectivity index (χ0v) is 13.5. The quantitative estimate of drug-likeness (QED) is 0.725. The molecule has 0 saturated carbocycles. The Kier molecular flexibility index (Phi) is 4.15. The van der Waals surface area contributed by atoms with E-state index in [-0.39, 0.29) is 5.82 Å². The van der Waals surface area contributed by atoms with E-state index >= 15 is 0 Å². The molecule has 23 heavy (non-hydrogen) atoms. The first-order chi connectivity index (χ1) is 11.1. The maximum atomic E-state index is 13.8. The van der Waals surface area contributed by atoms with E-state index in [1.807, 2.05) is 44.2 Å². The minimum atomic E-state index is -0.222. The summed E-state index contributed by atoms with van der Waals surface area (Å²) < 4.78 is 19.3. The number of halogens is 1. The van der Waals surface area contributed by atoms with Crippen LogP contribution in [0.1, 0.15) is 18.2 Å². The molecule has 1 heterocycles. The number of aryl methyl sites for hydroxylation is 2. The van der Waals surface area contributed by atoms with E-state index in [9.17, 15) is 4.39 Å². The third-order valence-electron chi connectivity index (χ3n) is 3.67. The Hall–Kier alpha value is -2.62. The number of anilines is 2. The highest BCUT2D eigenvalue weighted by molar-refractivity contribution is 5.94. The molecule has 0 bridgehead atoms. The predicted octanol–water partition coefficient (Wildman–Crippen LogP) is 5.13. The SMILES string of the molecule is CCOc1ccc2nc(C)cc(Nc3ccc(C)c(F)c3)c2c1. The normalized spacial score (nSPS) is 10.8. The van der Waals surface area contributed by atoms with Crippen LogP contribution in [0.25, 0.3) is 10.9 Å². The van der Waals surface area contributed by atoms with Gasteiger partial charge in [0.25, 0.3) is 0 Å². The van der Waals surface area contributed by atoms with Crippen LogP contribution in [0.3, 0.4) is 0 Å². The van der Waals surface area contributed by atoms with Gasteiger partial charge < -0.3 is 10.1 Å². The van der Waals surface area contributed by atoms with Gasteiger partial charge in [-0.05, 0) is 62.7 Å². The van der Waals surface area contributed by atoms with Crippen molar-refractivity contribution in [3.8, 4) is 5.75 Å². The molecule has 3 aromatic rings. The van der Waals surface area contributed by atoms with Crippen LogP contribution in [0, 0.1) is 19.7 Å². The molecule has 0 amide bonds. The van der Waals surface area contributed by atoms with E-state index < -0.39 is 0 Å². The Labute approximate surface area is 135 Å². The van der Waals surface area contributed by atoms with Crippen molar-refractivity contribution in [3.05, 3.63) is 59.5 Å². The Morgan fingerprint density at radius 2 is 1.91 bits per heavy atom. The number of rotatable bonds is 4. The molecule has 0 unspecified atom stereocenters. The van der Waals surface area contributed by atoms with Gasteiger partial charge in [-0.3, -0.25) is 4.98 Å². The average molecular weight is 310 g/mol. The van der Waals surface area contributed by atoms with Crippen LogP contribution in [0.2, 0.25) is 0 Å². The number of nitrogens with one attached hydrogen (secondary N) is 1. The minimum Gasteiger partial charge on any atom is -0.494 e. The van der Waals surface area contributed by atoms with Gasteiger partial charge in [-0.15, -0.1) is 0 Å². The van der Waals surface area contributed by atoms with Crippen molar-refractivity contribution in [3.63, 3.8) is 0 Å². The number of pyridine rings is 1. The van der Waals surface area contributed by atoms with Gasteiger partial charge in [0.2, 0.25) is 0 Å². The lowest BCUT2D eigenvalue weighted by atomic mass is 10.1. The van der Waals surface area contributed by atoms with E-state index in [4.69, 9.17) is 4.74 Å². The van der Waals surface area contributed by atoms with Gasteiger partial charge in [-0.25, -0.2) is 4.39 Å². The predicted molar refractivity (Wildman–Crippen MR) is 92.1 cm³/mol. The van der Waals surface area contributed by atoms with E-state index in [0.717, 1.165) is 28.0 Å². The van der Waals surface area contributed by atoms with Crippen molar-refractivity contribution in [2.45, 2.75) is 20.8 Å². The molecule has 0 aliphatic carbocycles. The summed E-state index contributed by atoms with van der Waals surface area (Å²) in [6.07, 6.45) is 0. The molecule has 0 atom stereocenters. The van der Waals surface area contributed by atoms with Crippen molar-refractivity contribution in [2.24, 2.45) is 0 Å². The van der Waals surface area contributed by atoms with Crippen molar-refractivity contribution in [2.75, 3.05) is 11.9 Å². The van der Waals surface area contributed by atoms with Crippen molar-refractivity contribution in [1.82, 2.24) is 4.98 Å². The summed E-state index contributed by atoms with van der Waals surface area (Å²) >= 11 is 0. The minimum absolute atomic E-state index is 0.222. The van der Waals surface area contributed by atoms with Gasteiger partial charge in [-0.1, -0.05) is 6.07 Å². The van der Waals surface area contributed by atoms with Gasteiger partial charge in [0.1, 0.15) is 11.6 Å². The number of hydrogen-bond acceptors (Lipinski definition) is 3. The summed E-state index contributed by atoms with van der Waals surface area (Å²) in [5.41, 5.74) is 4.00. The standard InChI is InChI=1S/C19H19FN2O/c1-4-23-15-7-8-18-16(11-15)19(9-13(3)21-18)22-14-6-5-12(2)17(20)10-14/h5-11H,4H2,1-3H3,(H,21,22). The summed E-state index contributed by atoms with van der Waals surface area (Å²) in [4.78, 5) is 4.54. The van der Waals surface area contributed by atoms with Crippen molar-refractivity contribution in [1.29, 1.82) is 0 Å². The molecule has 1 N–H and O–H groups in total. The van der Waals surface area contributed by atoms with Crippen LogP contribution in [0.5, 0.6) is 5.75 Å². The number of hydrogen-bond donors (Lipinski definition) is 1. The van der Waals surface area contributed by atoms with Gasteiger partial charge in [-0.2, -0.15) is 0 Å². The number of ether oxygens (including phenoxy) is 1. The smallest absolute Gasteiger partial charge is 0.128 e. The lowest BCUT2D eigenvalue weighted by Gasteiger charge is -2.13. The molecule has 0 radical (unpaired) electrons. The lowest BCUT2D eigenvalue weighted by molar-refractivity contribution is 0.340. The van der Waals surface area contributed by atoms with E-state index in [1.165, 1.54) is 6.07 Å². The zero-order valence-electron chi connectivity index (χ0n) is 13.5. The number of nitrogens with zero attached hydrogens (tertiary/aromatic N) is 1. The molecule has 118 valence electrons. The summed E-state index contributed by atoms with van der Waals surface area (Å²) in [6.45, 7) is 6.25. The molecular weight excluding hydrogens is 291 g/mol. The van der Waals surface area contributed by atoms with Crippen LogP contribution in [0.4, 0.5) is 15.8 Å². The maximum absolute atomic E-state index is 13.8. The number of fused-ring (bicyclic) bond motifs is 1. The van der Waals surface area contributed by atoms with E-state index in [1.54, 1.807) is 13.0 Å². The average Bonchev–Trinajstić information content (AvgIpc) is 2.52. The fourth-order valence-electron chi connectivity index (χ4n) is 2.52. The second-order valence-electron chi connectivity index (χ2n) is 5.51. The van der Waals surface area contributed by atoms with E-state index in [0.29, 0.717) is 17.9 Å². The topological polar surface area (TPSA) is 34.1 Å². The number of aromatic nitrogens is 1. The van der Waals surface area contributed by atoms with Crippen LogP contribution >= 0.6 is 0 Å². The van der Waals surface area contributed by atoms with Crippen LogP contribution < -0.4 is 10.1 Å². The second-order valence-corrected chi connectivity index (χ2v) is 5.51. The summed E-state index contributed by atoms with van der Waals surface area (Å²) in [5, 5.41) is 4.24. The Morgan fingerprint density at radius 1 is 1.09 bits per heavy atom. The second kappa shape index (κ2) is 6.24. The third kappa shape index (κ3) is 3.26. The summed E-state index contributed by atoms with van der Waals surface area (Å²) in [5.74, 6) is 0.573. The van der Waals surface area contributed by atoms with Crippen LogP contribution in [0.15, 0.2) is 42.5 Å². The first kappa shape index (κ1) is 15.3. The first-order valence-corrected chi connectivity index (χ1v) is 7.64. The number of benzene rings is 2. The molecule has 0 fully saturated rings. The van der Waals surface area contributed by atoms with Crippen molar-refractivity contribution >= 4 is 22.3 Å². The molecule has 3 nitrogen and oxygen atoms in total. The van der Waals surface area contributed by atoms with Gasteiger partial charge in [0.05, 0.1) is 12.1 Å². The third-order valence-corrected chi connectivity index (χ3v) is 3.67. The van der Waals surface area contributed by atoms with Gasteiger partial charge in [0.15, 0.2) is 0 Å².